The zero-order valence-corrected chi connectivity index (χ0v) is 11.5. The highest BCUT2D eigenvalue weighted by Crippen LogP contribution is 2.52. The summed E-state index contributed by atoms with van der Waals surface area (Å²) >= 11 is 0. The van der Waals surface area contributed by atoms with E-state index < -0.39 is 11.9 Å². The van der Waals surface area contributed by atoms with E-state index in [2.05, 4.69) is 10.4 Å². The van der Waals surface area contributed by atoms with Crippen molar-refractivity contribution in [2.75, 3.05) is 0 Å². The van der Waals surface area contributed by atoms with Crippen molar-refractivity contribution in [1.29, 1.82) is 0 Å². The fourth-order valence-corrected chi connectivity index (χ4v) is 3.89. The van der Waals surface area contributed by atoms with Gasteiger partial charge in [0.15, 0.2) is 0 Å². The molecule has 2 fully saturated rings. The molecule has 0 saturated heterocycles. The van der Waals surface area contributed by atoms with Gasteiger partial charge in [-0.2, -0.15) is 5.10 Å². The molecule has 2 aliphatic carbocycles. The molecule has 0 radical (unpaired) electrons. The van der Waals surface area contributed by atoms with Crippen LogP contribution in [-0.2, 0) is 23.2 Å². The number of carboxylic acids is 1. The number of nitrogens with one attached hydrogen (secondary N) is 1. The first kappa shape index (κ1) is 13.1. The van der Waals surface area contributed by atoms with Gasteiger partial charge in [0.05, 0.1) is 24.1 Å². The summed E-state index contributed by atoms with van der Waals surface area (Å²) in [5.41, 5.74) is 0.911. The Morgan fingerprint density at radius 2 is 2.10 bits per heavy atom. The SMILES string of the molecule is Cn1nccc1CNC(=O)C1C2CCC(C2)C1C(=O)O. The second-order valence-electron chi connectivity index (χ2n) is 5.89. The second-order valence-corrected chi connectivity index (χ2v) is 5.89. The minimum absolute atomic E-state index is 0.120. The molecule has 1 aromatic rings. The maximum Gasteiger partial charge on any atom is 0.307 e. The fraction of sp³-hybridized carbons (Fsp3) is 0.643. The molecule has 6 nitrogen and oxygen atoms in total. The van der Waals surface area contributed by atoms with Crippen LogP contribution in [0.5, 0.6) is 0 Å². The van der Waals surface area contributed by atoms with Crippen LogP contribution in [0.4, 0.5) is 0 Å². The summed E-state index contributed by atoms with van der Waals surface area (Å²) < 4.78 is 1.70. The highest BCUT2D eigenvalue weighted by molar-refractivity contribution is 5.86. The maximum atomic E-state index is 12.4. The van der Waals surface area contributed by atoms with Crippen LogP contribution in [0.2, 0.25) is 0 Å². The minimum Gasteiger partial charge on any atom is -0.481 e. The van der Waals surface area contributed by atoms with Gasteiger partial charge in [0.2, 0.25) is 5.91 Å². The first-order valence-corrected chi connectivity index (χ1v) is 7.05. The molecule has 0 spiro atoms. The third-order valence-corrected chi connectivity index (χ3v) is 4.87. The molecule has 1 heterocycles. The van der Waals surface area contributed by atoms with Crippen molar-refractivity contribution in [3.8, 4) is 0 Å². The minimum atomic E-state index is -0.821. The Morgan fingerprint density at radius 3 is 2.70 bits per heavy atom. The van der Waals surface area contributed by atoms with Gasteiger partial charge in [0, 0.05) is 13.2 Å². The number of aromatic nitrogens is 2. The van der Waals surface area contributed by atoms with Gasteiger partial charge in [-0.1, -0.05) is 0 Å². The molecule has 20 heavy (non-hydrogen) atoms. The van der Waals surface area contributed by atoms with E-state index in [1.54, 1.807) is 10.9 Å². The average molecular weight is 277 g/mol. The smallest absolute Gasteiger partial charge is 0.307 e. The molecule has 4 atom stereocenters. The molecule has 1 amide bonds. The van der Waals surface area contributed by atoms with Gasteiger partial charge >= 0.3 is 5.97 Å². The van der Waals surface area contributed by atoms with Crippen molar-refractivity contribution in [3.63, 3.8) is 0 Å². The van der Waals surface area contributed by atoms with Gasteiger partial charge < -0.3 is 10.4 Å². The largest absolute Gasteiger partial charge is 0.481 e. The number of carbonyl (C=O) groups excluding carboxylic acids is 1. The predicted molar refractivity (Wildman–Crippen MR) is 70.5 cm³/mol. The normalized spacial score (nSPS) is 31.4. The van der Waals surface area contributed by atoms with E-state index in [9.17, 15) is 14.7 Å². The average Bonchev–Trinajstić information content (AvgIpc) is 3.10. The number of fused-ring (bicyclic) bond motifs is 2. The number of aryl methyl sites for hydroxylation is 1. The Bertz CT molecular complexity index is 540. The van der Waals surface area contributed by atoms with Crippen molar-refractivity contribution in [3.05, 3.63) is 18.0 Å². The van der Waals surface area contributed by atoms with E-state index in [0.717, 1.165) is 25.0 Å². The number of carbonyl (C=O) groups is 2. The molecular weight excluding hydrogens is 258 g/mol. The lowest BCUT2D eigenvalue weighted by atomic mass is 9.78. The lowest BCUT2D eigenvalue weighted by Gasteiger charge is -2.27. The zero-order chi connectivity index (χ0) is 14.3. The Labute approximate surface area is 117 Å². The summed E-state index contributed by atoms with van der Waals surface area (Å²) in [5, 5.41) is 16.3. The molecule has 1 aromatic heterocycles. The number of carboxylic acid groups (broad SMARTS) is 1. The van der Waals surface area contributed by atoms with Crippen LogP contribution in [0.25, 0.3) is 0 Å². The highest BCUT2D eigenvalue weighted by atomic mass is 16.4. The van der Waals surface area contributed by atoms with Crippen LogP contribution in [0.15, 0.2) is 12.3 Å². The van der Waals surface area contributed by atoms with Crippen LogP contribution in [0, 0.1) is 23.7 Å². The Kier molecular flexibility index (Phi) is 3.23. The van der Waals surface area contributed by atoms with Crippen LogP contribution in [0.3, 0.4) is 0 Å². The third-order valence-electron chi connectivity index (χ3n) is 4.87. The van der Waals surface area contributed by atoms with Crippen molar-refractivity contribution in [2.24, 2.45) is 30.7 Å². The van der Waals surface area contributed by atoms with E-state index in [1.807, 2.05) is 13.1 Å². The number of aliphatic carboxylic acids is 1. The summed E-state index contributed by atoms with van der Waals surface area (Å²) in [6, 6.07) is 1.84. The van der Waals surface area contributed by atoms with Gasteiger partial charge in [-0.3, -0.25) is 14.3 Å². The second kappa shape index (κ2) is 4.92. The predicted octanol–water partition coefficient (Wildman–Crippen LogP) is 0.783. The monoisotopic (exact) mass is 277 g/mol. The number of hydrogen-bond acceptors (Lipinski definition) is 3. The Morgan fingerprint density at radius 1 is 1.40 bits per heavy atom. The van der Waals surface area contributed by atoms with E-state index in [1.165, 1.54) is 0 Å². The topological polar surface area (TPSA) is 84.2 Å². The standard InChI is InChI=1S/C14H19N3O3/c1-17-10(4-5-16-17)7-15-13(18)11-8-2-3-9(6-8)12(11)14(19)20/h4-5,8-9,11-12H,2-3,6-7H2,1H3,(H,15,18)(H,19,20). The zero-order valence-electron chi connectivity index (χ0n) is 11.5. The third kappa shape index (κ3) is 2.09. The maximum absolute atomic E-state index is 12.4. The van der Waals surface area contributed by atoms with E-state index in [0.29, 0.717) is 6.54 Å². The molecule has 108 valence electrons. The van der Waals surface area contributed by atoms with Gasteiger partial charge in [-0.05, 0) is 37.2 Å². The first-order valence-electron chi connectivity index (χ1n) is 7.05. The summed E-state index contributed by atoms with van der Waals surface area (Å²) in [4.78, 5) is 23.8. The van der Waals surface area contributed by atoms with E-state index >= 15 is 0 Å². The van der Waals surface area contributed by atoms with Crippen molar-refractivity contribution < 1.29 is 14.7 Å². The lowest BCUT2D eigenvalue weighted by molar-refractivity contribution is -0.149. The lowest BCUT2D eigenvalue weighted by Crippen LogP contribution is -2.41. The molecule has 2 aliphatic rings. The molecule has 6 heteroatoms. The molecule has 0 aromatic carbocycles. The van der Waals surface area contributed by atoms with E-state index in [4.69, 9.17) is 0 Å². The highest BCUT2D eigenvalue weighted by Gasteiger charge is 2.53. The van der Waals surface area contributed by atoms with E-state index in [-0.39, 0.29) is 23.7 Å². The number of nitrogens with zero attached hydrogens (tertiary/aromatic N) is 2. The number of hydrogen-bond donors (Lipinski definition) is 2. The summed E-state index contributed by atoms with van der Waals surface area (Å²) in [7, 11) is 1.82. The van der Waals surface area contributed by atoms with Crippen molar-refractivity contribution >= 4 is 11.9 Å². The molecule has 2 bridgehead atoms. The number of rotatable bonds is 4. The molecule has 4 unspecified atom stereocenters. The number of amides is 1. The summed E-state index contributed by atoms with van der Waals surface area (Å²) in [5.74, 6) is -1.37. The Balaban J connectivity index is 1.67. The molecule has 2 saturated carbocycles. The molecule has 2 N–H and O–H groups in total. The van der Waals surface area contributed by atoms with Crippen LogP contribution in [-0.4, -0.2) is 26.8 Å². The van der Waals surface area contributed by atoms with Gasteiger partial charge in [0.1, 0.15) is 0 Å². The van der Waals surface area contributed by atoms with Gasteiger partial charge in [-0.15, -0.1) is 0 Å². The first-order chi connectivity index (χ1) is 9.58. The Hall–Kier alpha value is -1.85. The van der Waals surface area contributed by atoms with Crippen molar-refractivity contribution in [2.45, 2.75) is 25.8 Å². The molecule has 0 aliphatic heterocycles. The molecular formula is C14H19N3O3. The van der Waals surface area contributed by atoms with Crippen molar-refractivity contribution in [1.82, 2.24) is 15.1 Å². The van der Waals surface area contributed by atoms with Crippen LogP contribution >= 0.6 is 0 Å². The van der Waals surface area contributed by atoms with Crippen LogP contribution in [0.1, 0.15) is 25.0 Å². The summed E-state index contributed by atoms with van der Waals surface area (Å²) in [6.45, 7) is 0.398. The van der Waals surface area contributed by atoms with Gasteiger partial charge in [0.25, 0.3) is 0 Å². The van der Waals surface area contributed by atoms with Crippen LogP contribution < -0.4 is 5.32 Å². The van der Waals surface area contributed by atoms with Gasteiger partial charge in [-0.25, -0.2) is 0 Å². The molecule has 3 rings (SSSR count). The summed E-state index contributed by atoms with van der Waals surface area (Å²) in [6.07, 6.45) is 4.51. The fourth-order valence-electron chi connectivity index (χ4n) is 3.89. The quantitative estimate of drug-likeness (QED) is 0.852.